The highest BCUT2D eigenvalue weighted by Gasteiger charge is 2.46. The number of hydrogen-bond donors (Lipinski definition) is 0. The third kappa shape index (κ3) is 4.68. The second kappa shape index (κ2) is 6.72. The van der Waals surface area contributed by atoms with Gasteiger partial charge in [-0.15, -0.1) is 0 Å². The standard InChI is InChI=1S/C11H15ClO7/c1-5(13)17-8-4-16-11(12)10(19-7(3)15)9(8)18-6(2)14/h8-11H,4H2,1-3H3/t8-,9+,10+,11+/m1/s1. The van der Waals surface area contributed by atoms with Crippen LogP contribution in [0.3, 0.4) is 0 Å². The summed E-state index contributed by atoms with van der Waals surface area (Å²) in [7, 11) is 0. The lowest BCUT2D eigenvalue weighted by Gasteiger charge is -2.38. The molecule has 0 amide bonds. The molecule has 0 aliphatic carbocycles. The smallest absolute Gasteiger partial charge is 0.303 e. The minimum Gasteiger partial charge on any atom is -0.456 e. The average Bonchev–Trinajstić information content (AvgIpc) is 2.25. The Labute approximate surface area is 115 Å². The van der Waals surface area contributed by atoms with Crippen LogP contribution in [-0.2, 0) is 33.3 Å². The highest BCUT2D eigenvalue weighted by Crippen LogP contribution is 2.26. The molecule has 0 aromatic rings. The van der Waals surface area contributed by atoms with Gasteiger partial charge in [-0.3, -0.25) is 14.4 Å². The maximum Gasteiger partial charge on any atom is 0.303 e. The Balaban J connectivity index is 2.89. The number of ether oxygens (including phenoxy) is 4. The monoisotopic (exact) mass is 294 g/mol. The molecule has 8 heteroatoms. The zero-order valence-corrected chi connectivity index (χ0v) is 11.5. The number of carbonyl (C=O) groups excluding carboxylic acids is 3. The lowest BCUT2D eigenvalue weighted by molar-refractivity contribution is -0.214. The summed E-state index contributed by atoms with van der Waals surface area (Å²) in [5, 5.41) is 0. The second-order valence-corrected chi connectivity index (χ2v) is 4.41. The molecule has 1 rings (SSSR count). The highest BCUT2D eigenvalue weighted by atomic mass is 35.5. The maximum atomic E-state index is 11.1. The minimum atomic E-state index is -1.04. The number of hydrogen-bond acceptors (Lipinski definition) is 7. The van der Waals surface area contributed by atoms with Crippen LogP contribution < -0.4 is 0 Å². The van der Waals surface area contributed by atoms with Gasteiger partial charge in [0.15, 0.2) is 23.9 Å². The van der Waals surface area contributed by atoms with Gasteiger partial charge in [0.05, 0.1) is 6.61 Å². The van der Waals surface area contributed by atoms with Gasteiger partial charge in [-0.25, -0.2) is 0 Å². The van der Waals surface area contributed by atoms with Crippen LogP contribution in [-0.4, -0.2) is 48.4 Å². The Morgan fingerprint density at radius 1 is 0.947 bits per heavy atom. The first kappa shape index (κ1) is 15.7. The highest BCUT2D eigenvalue weighted by molar-refractivity contribution is 6.20. The van der Waals surface area contributed by atoms with Crippen LogP contribution in [0, 0.1) is 0 Å². The first-order chi connectivity index (χ1) is 8.81. The van der Waals surface area contributed by atoms with Crippen LogP contribution in [0.15, 0.2) is 0 Å². The van der Waals surface area contributed by atoms with Gasteiger partial charge in [0.25, 0.3) is 0 Å². The van der Waals surface area contributed by atoms with Crippen LogP contribution in [0.2, 0.25) is 0 Å². The summed E-state index contributed by atoms with van der Waals surface area (Å²) in [4.78, 5) is 33.1. The van der Waals surface area contributed by atoms with E-state index in [0.717, 1.165) is 0 Å². The summed E-state index contributed by atoms with van der Waals surface area (Å²) in [5.41, 5.74) is -0.986. The van der Waals surface area contributed by atoms with Crippen molar-refractivity contribution in [1.82, 2.24) is 0 Å². The van der Waals surface area contributed by atoms with Crippen molar-refractivity contribution < 1.29 is 33.3 Å². The van der Waals surface area contributed by atoms with Crippen molar-refractivity contribution >= 4 is 29.5 Å². The van der Waals surface area contributed by atoms with E-state index in [1.807, 2.05) is 0 Å². The molecule has 7 nitrogen and oxygen atoms in total. The number of esters is 3. The molecule has 0 aromatic heterocycles. The molecule has 0 N–H and O–H groups in total. The van der Waals surface area contributed by atoms with Crippen LogP contribution in [0.4, 0.5) is 0 Å². The SMILES string of the molecule is CC(=O)O[C@@H]1[C@H](OC(C)=O)[C@@H](Cl)OC[C@H]1OC(C)=O. The molecule has 1 fully saturated rings. The lowest BCUT2D eigenvalue weighted by atomic mass is 10.1. The fourth-order valence-corrected chi connectivity index (χ4v) is 1.97. The number of alkyl halides is 1. The first-order valence-electron chi connectivity index (χ1n) is 5.58. The normalized spacial score (nSPS) is 30.3. The van der Waals surface area contributed by atoms with E-state index in [1.165, 1.54) is 20.8 Å². The second-order valence-electron chi connectivity index (χ2n) is 3.98. The molecule has 0 aromatic carbocycles. The van der Waals surface area contributed by atoms with Crippen LogP contribution in [0.1, 0.15) is 20.8 Å². The first-order valence-corrected chi connectivity index (χ1v) is 6.02. The fourth-order valence-electron chi connectivity index (χ4n) is 1.70. The average molecular weight is 295 g/mol. The summed E-state index contributed by atoms with van der Waals surface area (Å²) in [6.45, 7) is 3.53. The summed E-state index contributed by atoms with van der Waals surface area (Å²) in [5.74, 6) is -1.79. The van der Waals surface area contributed by atoms with Gasteiger partial charge >= 0.3 is 17.9 Å². The summed E-state index contributed by atoms with van der Waals surface area (Å²) in [6, 6.07) is 0. The van der Waals surface area contributed by atoms with Gasteiger partial charge in [-0.1, -0.05) is 11.6 Å². The Morgan fingerprint density at radius 2 is 1.42 bits per heavy atom. The van der Waals surface area contributed by atoms with Crippen LogP contribution in [0.25, 0.3) is 0 Å². The molecule has 1 aliphatic heterocycles. The fraction of sp³-hybridized carbons (Fsp3) is 0.727. The number of carbonyl (C=O) groups is 3. The van der Waals surface area contributed by atoms with Crippen LogP contribution >= 0.6 is 11.6 Å². The van der Waals surface area contributed by atoms with Crippen molar-refractivity contribution in [2.45, 2.75) is 44.6 Å². The van der Waals surface area contributed by atoms with Gasteiger partial charge in [0.2, 0.25) is 0 Å². The third-order valence-corrected chi connectivity index (χ3v) is 2.66. The summed E-state index contributed by atoms with van der Waals surface area (Å²) < 4.78 is 20.1. The molecule has 19 heavy (non-hydrogen) atoms. The van der Waals surface area contributed by atoms with Crippen molar-refractivity contribution in [2.75, 3.05) is 6.61 Å². The van der Waals surface area contributed by atoms with Crippen LogP contribution in [0.5, 0.6) is 0 Å². The van der Waals surface area contributed by atoms with Gasteiger partial charge in [-0.2, -0.15) is 0 Å². The molecule has 0 saturated carbocycles. The molecule has 4 atom stereocenters. The molecule has 1 heterocycles. The molecule has 1 aliphatic rings. The van der Waals surface area contributed by atoms with Crippen molar-refractivity contribution in [3.8, 4) is 0 Å². The van der Waals surface area contributed by atoms with E-state index in [9.17, 15) is 14.4 Å². The predicted molar refractivity (Wildman–Crippen MR) is 62.3 cm³/mol. The van der Waals surface area contributed by atoms with E-state index in [2.05, 4.69) is 0 Å². The lowest BCUT2D eigenvalue weighted by Crippen LogP contribution is -2.55. The molecule has 0 bridgehead atoms. The number of rotatable bonds is 3. The molecule has 1 saturated heterocycles. The van der Waals surface area contributed by atoms with E-state index < -0.39 is 41.8 Å². The van der Waals surface area contributed by atoms with E-state index in [-0.39, 0.29) is 6.61 Å². The Bertz CT molecular complexity index is 370. The summed E-state index contributed by atoms with van der Waals surface area (Å²) in [6.07, 6.45) is -2.91. The third-order valence-electron chi connectivity index (χ3n) is 2.29. The van der Waals surface area contributed by atoms with Gasteiger partial charge in [0, 0.05) is 20.8 Å². The molecule has 0 radical (unpaired) electrons. The Kier molecular flexibility index (Phi) is 5.56. The minimum absolute atomic E-state index is 0.0521. The van der Waals surface area contributed by atoms with Crippen molar-refractivity contribution in [1.29, 1.82) is 0 Å². The molecule has 0 unspecified atom stereocenters. The van der Waals surface area contributed by atoms with Crippen molar-refractivity contribution in [3.63, 3.8) is 0 Å². The molecule has 108 valence electrons. The number of halogens is 1. The molecule has 0 spiro atoms. The van der Waals surface area contributed by atoms with Gasteiger partial charge in [0.1, 0.15) is 0 Å². The quantitative estimate of drug-likeness (QED) is 0.422. The summed E-state index contributed by atoms with van der Waals surface area (Å²) >= 11 is 5.88. The van der Waals surface area contributed by atoms with E-state index >= 15 is 0 Å². The molecular formula is C11H15ClO7. The van der Waals surface area contributed by atoms with Gasteiger partial charge in [-0.05, 0) is 0 Å². The van der Waals surface area contributed by atoms with E-state index in [1.54, 1.807) is 0 Å². The Morgan fingerprint density at radius 3 is 1.89 bits per heavy atom. The van der Waals surface area contributed by atoms with Crippen molar-refractivity contribution in [3.05, 3.63) is 0 Å². The topological polar surface area (TPSA) is 88.1 Å². The van der Waals surface area contributed by atoms with Crippen molar-refractivity contribution in [2.24, 2.45) is 0 Å². The zero-order valence-electron chi connectivity index (χ0n) is 10.8. The predicted octanol–water partition coefficient (Wildman–Crippen LogP) is 0.377. The van der Waals surface area contributed by atoms with Gasteiger partial charge < -0.3 is 18.9 Å². The zero-order chi connectivity index (χ0) is 14.6. The maximum absolute atomic E-state index is 11.1. The Hall–Kier alpha value is -1.34. The van der Waals surface area contributed by atoms with E-state index in [0.29, 0.717) is 0 Å². The molecular weight excluding hydrogens is 280 g/mol. The van der Waals surface area contributed by atoms with E-state index in [4.69, 9.17) is 30.5 Å². The largest absolute Gasteiger partial charge is 0.456 e.